The topological polar surface area (TPSA) is 64.7 Å². The summed E-state index contributed by atoms with van der Waals surface area (Å²) in [5.74, 6) is 0. The highest BCUT2D eigenvalue weighted by Crippen LogP contribution is 1.89. The average molecular weight is 149 g/mol. The molecule has 0 aliphatic heterocycles. The fourth-order valence-electron chi connectivity index (χ4n) is 0.407. The van der Waals surface area contributed by atoms with E-state index in [-0.39, 0.29) is 0 Å². The maximum Gasteiger partial charge on any atom is 0.131 e. The van der Waals surface area contributed by atoms with E-state index in [9.17, 15) is 0 Å². The fraction of sp³-hybridized carbons (Fsp3) is 1.00. The molecule has 0 spiro atoms. The lowest BCUT2D eigenvalue weighted by molar-refractivity contribution is -0.0412. The number of nitrogens with two attached hydrogens (primary N) is 1. The predicted octanol–water partition coefficient (Wildman–Crippen LogP) is -0.685. The van der Waals surface area contributed by atoms with Crippen LogP contribution in [0.3, 0.4) is 0 Å². The molecule has 0 heterocycles. The number of hydrogen-bond donors (Lipinski definition) is 2. The summed E-state index contributed by atoms with van der Waals surface area (Å²) in [7, 11) is 1.58. The van der Waals surface area contributed by atoms with Crippen LogP contribution < -0.4 is 5.73 Å². The third-order valence-electron chi connectivity index (χ3n) is 1.07. The van der Waals surface area contributed by atoms with E-state index in [0.717, 1.165) is 0 Å². The third-order valence-corrected chi connectivity index (χ3v) is 1.07. The molecule has 0 aliphatic carbocycles. The van der Waals surface area contributed by atoms with Crippen LogP contribution in [-0.4, -0.2) is 37.8 Å². The quantitative estimate of drug-likeness (QED) is 0.401. The first-order valence-electron chi connectivity index (χ1n) is 3.22. The molecule has 3 N–H and O–H groups in total. The van der Waals surface area contributed by atoms with Crippen molar-refractivity contribution >= 4 is 0 Å². The Labute approximate surface area is 60.9 Å². The summed E-state index contributed by atoms with van der Waals surface area (Å²) in [6, 6.07) is 0. The van der Waals surface area contributed by atoms with Crippen molar-refractivity contribution in [3.05, 3.63) is 0 Å². The molecule has 2 atom stereocenters. The largest absolute Gasteiger partial charge is 0.389 e. The van der Waals surface area contributed by atoms with Crippen LogP contribution in [-0.2, 0) is 9.47 Å². The molecule has 0 radical (unpaired) electrons. The van der Waals surface area contributed by atoms with Gasteiger partial charge in [-0.25, -0.2) is 0 Å². The van der Waals surface area contributed by atoms with Crippen LogP contribution in [0, 0.1) is 0 Å². The summed E-state index contributed by atoms with van der Waals surface area (Å²) >= 11 is 0. The van der Waals surface area contributed by atoms with E-state index in [0.29, 0.717) is 13.2 Å². The minimum atomic E-state index is -0.628. The van der Waals surface area contributed by atoms with Gasteiger partial charge >= 0.3 is 0 Å². The summed E-state index contributed by atoms with van der Waals surface area (Å²) in [5.41, 5.74) is 5.33. The Kier molecular flexibility index (Phi) is 5.52. The Balaban J connectivity index is 3.13. The van der Waals surface area contributed by atoms with Gasteiger partial charge in [-0.2, -0.15) is 0 Å². The third kappa shape index (κ3) is 4.69. The van der Waals surface area contributed by atoms with Gasteiger partial charge in [0, 0.05) is 7.11 Å². The van der Waals surface area contributed by atoms with Crippen LogP contribution >= 0.6 is 0 Å². The van der Waals surface area contributed by atoms with Crippen LogP contribution in [0.15, 0.2) is 0 Å². The normalized spacial score (nSPS) is 16.8. The minimum Gasteiger partial charge on any atom is -0.389 e. The first kappa shape index (κ1) is 9.84. The zero-order chi connectivity index (χ0) is 7.98. The van der Waals surface area contributed by atoms with Crippen LogP contribution in [0.4, 0.5) is 0 Å². The second kappa shape index (κ2) is 5.61. The average Bonchev–Trinajstić information content (AvgIpc) is 1.88. The van der Waals surface area contributed by atoms with E-state index >= 15 is 0 Å². The Morgan fingerprint density at radius 1 is 1.50 bits per heavy atom. The molecule has 0 saturated carbocycles. The van der Waals surface area contributed by atoms with Crippen molar-refractivity contribution in [1.82, 2.24) is 0 Å². The monoisotopic (exact) mass is 149 g/mol. The molecule has 2 unspecified atom stereocenters. The standard InChI is InChI=1S/C6H15NO3/c1-5(8)6(7)10-4-3-9-2/h5-6,8H,3-4,7H2,1-2H3. The number of rotatable bonds is 5. The SMILES string of the molecule is COCCOC(N)C(C)O. The Hall–Kier alpha value is -0.160. The van der Waals surface area contributed by atoms with Crippen LogP contribution in [0.2, 0.25) is 0 Å². The van der Waals surface area contributed by atoms with Crippen LogP contribution in [0.5, 0.6) is 0 Å². The van der Waals surface area contributed by atoms with Crippen molar-refractivity contribution in [2.75, 3.05) is 20.3 Å². The van der Waals surface area contributed by atoms with Gasteiger partial charge in [0.15, 0.2) is 0 Å². The molecule has 0 saturated heterocycles. The van der Waals surface area contributed by atoms with Gasteiger partial charge in [0.1, 0.15) is 6.23 Å². The lowest BCUT2D eigenvalue weighted by Crippen LogP contribution is -2.35. The highest BCUT2D eigenvalue weighted by Gasteiger charge is 2.07. The van der Waals surface area contributed by atoms with E-state index in [4.69, 9.17) is 20.3 Å². The van der Waals surface area contributed by atoms with E-state index in [1.54, 1.807) is 14.0 Å². The molecule has 62 valence electrons. The molecule has 0 aromatic carbocycles. The number of methoxy groups -OCH3 is 1. The van der Waals surface area contributed by atoms with Gasteiger partial charge in [-0.15, -0.1) is 0 Å². The predicted molar refractivity (Wildman–Crippen MR) is 37.5 cm³/mol. The molecule has 0 amide bonds. The highest BCUT2D eigenvalue weighted by atomic mass is 16.5. The van der Waals surface area contributed by atoms with Crippen molar-refractivity contribution < 1.29 is 14.6 Å². The molecule has 0 aliphatic rings. The van der Waals surface area contributed by atoms with Gasteiger partial charge < -0.3 is 20.3 Å². The molecule has 4 heteroatoms. The van der Waals surface area contributed by atoms with E-state index in [1.807, 2.05) is 0 Å². The van der Waals surface area contributed by atoms with Gasteiger partial charge in [-0.3, -0.25) is 0 Å². The molecule has 4 nitrogen and oxygen atoms in total. The molecule has 0 aromatic rings. The Morgan fingerprint density at radius 2 is 2.10 bits per heavy atom. The maximum absolute atomic E-state index is 8.83. The zero-order valence-electron chi connectivity index (χ0n) is 6.41. The van der Waals surface area contributed by atoms with E-state index in [1.165, 1.54) is 0 Å². The second-order valence-electron chi connectivity index (χ2n) is 2.07. The maximum atomic E-state index is 8.83. The summed E-state index contributed by atoms with van der Waals surface area (Å²) in [4.78, 5) is 0. The minimum absolute atomic E-state index is 0.419. The lowest BCUT2D eigenvalue weighted by Gasteiger charge is -2.14. The van der Waals surface area contributed by atoms with Gasteiger partial charge in [0.2, 0.25) is 0 Å². The zero-order valence-corrected chi connectivity index (χ0v) is 6.41. The van der Waals surface area contributed by atoms with Gasteiger partial charge in [0.05, 0.1) is 19.3 Å². The molecule has 10 heavy (non-hydrogen) atoms. The fourth-order valence-corrected chi connectivity index (χ4v) is 0.407. The molecule has 0 fully saturated rings. The first-order valence-corrected chi connectivity index (χ1v) is 3.22. The van der Waals surface area contributed by atoms with E-state index in [2.05, 4.69) is 0 Å². The van der Waals surface area contributed by atoms with Crippen LogP contribution in [0.25, 0.3) is 0 Å². The molecular formula is C6H15NO3. The van der Waals surface area contributed by atoms with Gasteiger partial charge in [-0.1, -0.05) is 0 Å². The summed E-state index contributed by atoms with van der Waals surface area (Å²) < 4.78 is 9.66. The molecule has 0 aromatic heterocycles. The number of aliphatic hydroxyl groups is 1. The highest BCUT2D eigenvalue weighted by molar-refractivity contribution is 4.54. The van der Waals surface area contributed by atoms with E-state index < -0.39 is 12.3 Å². The van der Waals surface area contributed by atoms with Crippen molar-refractivity contribution in [3.8, 4) is 0 Å². The van der Waals surface area contributed by atoms with Gasteiger partial charge in [-0.05, 0) is 6.92 Å². The van der Waals surface area contributed by atoms with Crippen molar-refractivity contribution in [2.45, 2.75) is 19.3 Å². The summed E-state index contributed by atoms with van der Waals surface area (Å²) in [6.07, 6.45) is -1.23. The van der Waals surface area contributed by atoms with Crippen LogP contribution in [0.1, 0.15) is 6.92 Å². The Morgan fingerprint density at radius 3 is 2.50 bits per heavy atom. The molecule has 0 bridgehead atoms. The van der Waals surface area contributed by atoms with Crippen molar-refractivity contribution in [1.29, 1.82) is 0 Å². The number of aliphatic hydroxyl groups excluding tert-OH is 1. The second-order valence-corrected chi connectivity index (χ2v) is 2.07. The summed E-state index contributed by atoms with van der Waals surface area (Å²) in [6.45, 7) is 2.50. The van der Waals surface area contributed by atoms with Crippen molar-refractivity contribution in [2.24, 2.45) is 5.73 Å². The summed E-state index contributed by atoms with van der Waals surface area (Å²) in [5, 5.41) is 8.83. The van der Waals surface area contributed by atoms with Crippen molar-refractivity contribution in [3.63, 3.8) is 0 Å². The number of ether oxygens (including phenoxy) is 2. The Bertz CT molecular complexity index is 77.4. The first-order chi connectivity index (χ1) is 4.68. The lowest BCUT2D eigenvalue weighted by atomic mass is 10.4. The van der Waals surface area contributed by atoms with Gasteiger partial charge in [0.25, 0.3) is 0 Å². The molecule has 0 rings (SSSR count). The molecular weight excluding hydrogens is 134 g/mol. The smallest absolute Gasteiger partial charge is 0.131 e. The number of hydrogen-bond acceptors (Lipinski definition) is 4.